The largest absolute Gasteiger partial charge is 0.286 e. The van der Waals surface area contributed by atoms with Gasteiger partial charge in [0.1, 0.15) is 0 Å². The number of hydrogen-bond acceptors (Lipinski definition) is 4. The number of rotatable bonds is 3. The van der Waals surface area contributed by atoms with Crippen molar-refractivity contribution in [1.82, 2.24) is 13.5 Å². The van der Waals surface area contributed by atoms with Crippen LogP contribution in [0.1, 0.15) is 33.1 Å². The molecule has 0 aromatic carbocycles. The van der Waals surface area contributed by atoms with E-state index in [-0.39, 0.29) is 12.1 Å². The van der Waals surface area contributed by atoms with Gasteiger partial charge in [0.15, 0.2) is 0 Å². The number of piperidine rings is 1. The van der Waals surface area contributed by atoms with E-state index in [1.54, 1.807) is 8.61 Å². The van der Waals surface area contributed by atoms with E-state index in [1.165, 1.54) is 0 Å². The van der Waals surface area contributed by atoms with Crippen LogP contribution in [-0.4, -0.2) is 66.7 Å². The second kappa shape index (κ2) is 6.39. The summed E-state index contributed by atoms with van der Waals surface area (Å²) in [6, 6.07) is 2.16. The first-order chi connectivity index (χ1) is 9.46. The average molecular weight is 300 g/mol. The van der Waals surface area contributed by atoms with Crippen LogP contribution >= 0.6 is 0 Å². The van der Waals surface area contributed by atoms with E-state index in [9.17, 15) is 8.42 Å². The van der Waals surface area contributed by atoms with Crippen LogP contribution < -0.4 is 0 Å². The fourth-order valence-corrected chi connectivity index (χ4v) is 4.81. The highest BCUT2D eigenvalue weighted by molar-refractivity contribution is 7.86. The lowest BCUT2D eigenvalue weighted by Crippen LogP contribution is -2.56. The van der Waals surface area contributed by atoms with E-state index in [0.29, 0.717) is 32.7 Å². The monoisotopic (exact) mass is 300 g/mol. The highest BCUT2D eigenvalue weighted by atomic mass is 32.2. The van der Waals surface area contributed by atoms with Crippen molar-refractivity contribution in [3.8, 4) is 6.07 Å². The molecule has 0 amide bonds. The van der Waals surface area contributed by atoms with Gasteiger partial charge in [-0.25, -0.2) is 0 Å². The van der Waals surface area contributed by atoms with E-state index in [2.05, 4.69) is 6.07 Å². The Morgan fingerprint density at radius 1 is 1.15 bits per heavy atom. The van der Waals surface area contributed by atoms with Gasteiger partial charge in [-0.05, 0) is 26.7 Å². The summed E-state index contributed by atoms with van der Waals surface area (Å²) in [5, 5.41) is 8.92. The highest BCUT2D eigenvalue weighted by Crippen LogP contribution is 2.23. The number of hydrogen-bond donors (Lipinski definition) is 0. The van der Waals surface area contributed by atoms with Gasteiger partial charge in [0.2, 0.25) is 0 Å². The molecule has 0 aromatic heterocycles. The molecule has 2 unspecified atom stereocenters. The van der Waals surface area contributed by atoms with E-state index < -0.39 is 10.2 Å². The Kier molecular flexibility index (Phi) is 5.02. The van der Waals surface area contributed by atoms with Crippen molar-refractivity contribution in [2.45, 2.75) is 45.2 Å². The summed E-state index contributed by atoms with van der Waals surface area (Å²) in [6.45, 7) is 6.72. The Bertz CT molecular complexity index is 465. The lowest BCUT2D eigenvalue weighted by atomic mass is 10.1. The van der Waals surface area contributed by atoms with E-state index in [1.807, 2.05) is 18.7 Å². The summed E-state index contributed by atoms with van der Waals surface area (Å²) in [5.41, 5.74) is 0. The van der Waals surface area contributed by atoms with Crippen LogP contribution in [0.25, 0.3) is 0 Å². The number of piperazine rings is 1. The van der Waals surface area contributed by atoms with Gasteiger partial charge >= 0.3 is 0 Å². The molecule has 20 heavy (non-hydrogen) atoms. The summed E-state index contributed by atoms with van der Waals surface area (Å²) in [6.07, 6.45) is 3.01. The van der Waals surface area contributed by atoms with Crippen LogP contribution in [-0.2, 0) is 10.2 Å². The zero-order chi connectivity index (χ0) is 14.8. The fraction of sp³-hybridized carbons (Fsp3) is 0.923. The van der Waals surface area contributed by atoms with Gasteiger partial charge < -0.3 is 0 Å². The van der Waals surface area contributed by atoms with Crippen molar-refractivity contribution < 1.29 is 8.42 Å². The summed E-state index contributed by atoms with van der Waals surface area (Å²) in [4.78, 5) is 2.03. The van der Waals surface area contributed by atoms with Gasteiger partial charge in [-0.3, -0.25) is 4.90 Å². The van der Waals surface area contributed by atoms with E-state index in [0.717, 1.165) is 19.3 Å². The van der Waals surface area contributed by atoms with Gasteiger partial charge in [-0.1, -0.05) is 6.42 Å². The third-order valence-electron chi connectivity index (χ3n) is 4.37. The number of nitrogens with zero attached hydrogens (tertiary/aromatic N) is 4. The second-order valence-corrected chi connectivity index (χ2v) is 7.58. The molecule has 2 heterocycles. The molecule has 6 nitrogen and oxygen atoms in total. The lowest BCUT2D eigenvalue weighted by molar-refractivity contribution is 0.157. The molecule has 2 aliphatic heterocycles. The maximum absolute atomic E-state index is 12.7. The number of nitriles is 1. The van der Waals surface area contributed by atoms with Crippen LogP contribution in [0.4, 0.5) is 0 Å². The Morgan fingerprint density at radius 2 is 1.80 bits per heavy atom. The van der Waals surface area contributed by atoms with Crippen molar-refractivity contribution in [1.29, 1.82) is 5.26 Å². The van der Waals surface area contributed by atoms with Gasteiger partial charge in [-0.2, -0.15) is 22.3 Å². The van der Waals surface area contributed by atoms with Crippen molar-refractivity contribution >= 4 is 10.2 Å². The third-order valence-corrected chi connectivity index (χ3v) is 6.53. The molecule has 0 aliphatic carbocycles. The Hall–Kier alpha value is -0.680. The van der Waals surface area contributed by atoms with Crippen LogP contribution in [0.2, 0.25) is 0 Å². The maximum Gasteiger partial charge on any atom is 0.282 e. The summed E-state index contributed by atoms with van der Waals surface area (Å²) in [5.74, 6) is 0. The SMILES string of the molecule is CC(C#N)N1CCN(S(=O)(=O)N2CCCCC2C)CC1. The molecule has 114 valence electrons. The zero-order valence-electron chi connectivity index (χ0n) is 12.3. The van der Waals surface area contributed by atoms with Gasteiger partial charge in [0, 0.05) is 38.8 Å². The quantitative estimate of drug-likeness (QED) is 0.767. The van der Waals surface area contributed by atoms with Gasteiger partial charge in [-0.15, -0.1) is 0 Å². The first kappa shape index (κ1) is 15.7. The first-order valence-corrected chi connectivity index (χ1v) is 8.77. The molecule has 2 atom stereocenters. The van der Waals surface area contributed by atoms with E-state index in [4.69, 9.17) is 5.26 Å². The summed E-state index contributed by atoms with van der Waals surface area (Å²) < 4.78 is 28.6. The van der Waals surface area contributed by atoms with Crippen molar-refractivity contribution in [3.63, 3.8) is 0 Å². The molecule has 7 heteroatoms. The van der Waals surface area contributed by atoms with Crippen LogP contribution in [0.3, 0.4) is 0 Å². The molecule has 0 bridgehead atoms. The van der Waals surface area contributed by atoms with Gasteiger partial charge in [0.05, 0.1) is 12.1 Å². The van der Waals surface area contributed by atoms with Gasteiger partial charge in [0.25, 0.3) is 10.2 Å². The predicted octanol–water partition coefficient (Wildman–Crippen LogP) is 0.635. The molecule has 0 N–H and O–H groups in total. The summed E-state index contributed by atoms with van der Waals surface area (Å²) >= 11 is 0. The molecular formula is C13H24N4O2S. The minimum Gasteiger partial charge on any atom is -0.286 e. The van der Waals surface area contributed by atoms with Crippen molar-refractivity contribution in [3.05, 3.63) is 0 Å². The zero-order valence-corrected chi connectivity index (χ0v) is 13.1. The molecule has 2 fully saturated rings. The Morgan fingerprint density at radius 3 is 2.35 bits per heavy atom. The highest BCUT2D eigenvalue weighted by Gasteiger charge is 2.36. The molecule has 2 aliphatic rings. The lowest BCUT2D eigenvalue weighted by Gasteiger charge is -2.40. The fourth-order valence-electron chi connectivity index (χ4n) is 2.97. The Balaban J connectivity index is 2.00. The van der Waals surface area contributed by atoms with Crippen molar-refractivity contribution in [2.24, 2.45) is 0 Å². The summed E-state index contributed by atoms with van der Waals surface area (Å²) in [7, 11) is -3.33. The average Bonchev–Trinajstić information content (AvgIpc) is 2.47. The molecule has 0 radical (unpaired) electrons. The molecule has 2 rings (SSSR count). The Labute approximate surface area is 122 Å². The van der Waals surface area contributed by atoms with Crippen LogP contribution in [0.5, 0.6) is 0 Å². The molecule has 2 saturated heterocycles. The molecular weight excluding hydrogens is 276 g/mol. The van der Waals surface area contributed by atoms with Crippen LogP contribution in [0, 0.1) is 11.3 Å². The first-order valence-electron chi connectivity index (χ1n) is 7.37. The normalized spacial score (nSPS) is 28.9. The van der Waals surface area contributed by atoms with E-state index >= 15 is 0 Å². The molecule has 0 saturated carbocycles. The molecule has 0 spiro atoms. The third kappa shape index (κ3) is 3.14. The predicted molar refractivity (Wildman–Crippen MR) is 77.2 cm³/mol. The van der Waals surface area contributed by atoms with Crippen LogP contribution in [0.15, 0.2) is 0 Å². The second-order valence-electron chi connectivity index (χ2n) is 5.70. The minimum absolute atomic E-state index is 0.102. The maximum atomic E-state index is 12.7. The molecule has 0 aromatic rings. The van der Waals surface area contributed by atoms with Crippen molar-refractivity contribution in [2.75, 3.05) is 32.7 Å². The minimum atomic E-state index is -3.33. The standard InChI is InChI=1S/C13H24N4O2S/c1-12-5-3-4-6-17(12)20(18,19)16-9-7-15(8-10-16)13(2)11-14/h12-13H,3-10H2,1-2H3. The topological polar surface area (TPSA) is 67.6 Å². The smallest absolute Gasteiger partial charge is 0.282 e.